The largest absolute Gasteiger partial charge is 0.492 e. The van der Waals surface area contributed by atoms with Crippen LogP contribution < -0.4 is 10.5 Å². The molecular formula is C19H25NO. The van der Waals surface area contributed by atoms with Gasteiger partial charge in [0.25, 0.3) is 0 Å². The zero-order chi connectivity index (χ0) is 15.4. The SMILES string of the molecule is CCc1ccc(OCC(N)c2c(C)cc(C)cc2C)cc1. The third-order valence-electron chi connectivity index (χ3n) is 3.87. The molecule has 2 aromatic rings. The van der Waals surface area contributed by atoms with Gasteiger partial charge in [-0.1, -0.05) is 36.8 Å². The number of rotatable bonds is 5. The lowest BCUT2D eigenvalue weighted by Crippen LogP contribution is -2.21. The molecule has 0 heterocycles. The van der Waals surface area contributed by atoms with Gasteiger partial charge in [0.2, 0.25) is 0 Å². The summed E-state index contributed by atoms with van der Waals surface area (Å²) in [7, 11) is 0. The van der Waals surface area contributed by atoms with Crippen molar-refractivity contribution in [3.8, 4) is 5.75 Å². The van der Waals surface area contributed by atoms with Crippen molar-refractivity contribution in [1.29, 1.82) is 0 Å². The van der Waals surface area contributed by atoms with Gasteiger partial charge in [0.05, 0.1) is 6.04 Å². The van der Waals surface area contributed by atoms with Crippen molar-refractivity contribution >= 4 is 0 Å². The Labute approximate surface area is 127 Å². The van der Waals surface area contributed by atoms with Crippen LogP contribution in [0.1, 0.15) is 40.8 Å². The van der Waals surface area contributed by atoms with E-state index < -0.39 is 0 Å². The molecule has 0 spiro atoms. The summed E-state index contributed by atoms with van der Waals surface area (Å²) in [5, 5.41) is 0. The van der Waals surface area contributed by atoms with Crippen molar-refractivity contribution in [3.63, 3.8) is 0 Å². The number of benzene rings is 2. The summed E-state index contributed by atoms with van der Waals surface area (Å²) < 4.78 is 5.84. The Bertz CT molecular complexity index is 578. The van der Waals surface area contributed by atoms with Crippen LogP contribution in [0.25, 0.3) is 0 Å². The quantitative estimate of drug-likeness (QED) is 0.890. The fourth-order valence-electron chi connectivity index (χ4n) is 2.87. The molecule has 0 saturated heterocycles. The smallest absolute Gasteiger partial charge is 0.119 e. The van der Waals surface area contributed by atoms with E-state index in [4.69, 9.17) is 10.5 Å². The minimum absolute atomic E-state index is 0.101. The van der Waals surface area contributed by atoms with E-state index in [9.17, 15) is 0 Å². The van der Waals surface area contributed by atoms with Crippen LogP contribution in [-0.4, -0.2) is 6.61 Å². The Morgan fingerprint density at radius 2 is 1.57 bits per heavy atom. The number of nitrogens with two attached hydrogens (primary N) is 1. The van der Waals surface area contributed by atoms with Gasteiger partial charge in [-0.25, -0.2) is 0 Å². The van der Waals surface area contributed by atoms with Crippen LogP contribution in [0.2, 0.25) is 0 Å². The molecule has 1 unspecified atom stereocenters. The lowest BCUT2D eigenvalue weighted by atomic mass is 9.95. The molecule has 21 heavy (non-hydrogen) atoms. The maximum atomic E-state index is 6.33. The van der Waals surface area contributed by atoms with E-state index in [1.165, 1.54) is 27.8 Å². The van der Waals surface area contributed by atoms with Crippen LogP contribution in [0.3, 0.4) is 0 Å². The van der Waals surface area contributed by atoms with Crippen molar-refractivity contribution in [1.82, 2.24) is 0 Å². The Morgan fingerprint density at radius 3 is 2.10 bits per heavy atom. The molecule has 0 fully saturated rings. The van der Waals surface area contributed by atoms with E-state index in [1.54, 1.807) is 0 Å². The Kier molecular flexibility index (Phi) is 5.03. The number of hydrogen-bond acceptors (Lipinski definition) is 2. The van der Waals surface area contributed by atoms with Gasteiger partial charge in [-0.3, -0.25) is 0 Å². The summed E-state index contributed by atoms with van der Waals surface area (Å²) in [4.78, 5) is 0. The van der Waals surface area contributed by atoms with Gasteiger partial charge >= 0.3 is 0 Å². The maximum absolute atomic E-state index is 6.33. The van der Waals surface area contributed by atoms with Gasteiger partial charge in [-0.2, -0.15) is 0 Å². The molecular weight excluding hydrogens is 258 g/mol. The average Bonchev–Trinajstić information content (AvgIpc) is 2.44. The minimum atomic E-state index is -0.101. The zero-order valence-corrected chi connectivity index (χ0v) is 13.4. The molecule has 112 valence electrons. The van der Waals surface area contributed by atoms with Crippen LogP contribution in [0.15, 0.2) is 36.4 Å². The number of hydrogen-bond donors (Lipinski definition) is 1. The van der Waals surface area contributed by atoms with Gasteiger partial charge in [-0.05, 0) is 61.6 Å². The first-order valence-corrected chi connectivity index (χ1v) is 7.56. The molecule has 0 aromatic heterocycles. The Balaban J connectivity index is 2.06. The second-order valence-electron chi connectivity index (χ2n) is 5.73. The summed E-state index contributed by atoms with van der Waals surface area (Å²) in [6, 6.07) is 12.5. The molecule has 0 aliphatic heterocycles. The zero-order valence-electron chi connectivity index (χ0n) is 13.4. The molecule has 2 rings (SSSR count). The molecule has 2 heteroatoms. The minimum Gasteiger partial charge on any atom is -0.492 e. The van der Waals surface area contributed by atoms with Crippen molar-refractivity contribution in [3.05, 3.63) is 64.2 Å². The van der Waals surface area contributed by atoms with Gasteiger partial charge in [0, 0.05) is 0 Å². The number of aryl methyl sites for hydroxylation is 4. The second-order valence-corrected chi connectivity index (χ2v) is 5.73. The highest BCUT2D eigenvalue weighted by Crippen LogP contribution is 2.23. The molecule has 0 aliphatic rings. The van der Waals surface area contributed by atoms with E-state index in [-0.39, 0.29) is 6.04 Å². The highest BCUT2D eigenvalue weighted by molar-refractivity contribution is 5.39. The maximum Gasteiger partial charge on any atom is 0.119 e. The second kappa shape index (κ2) is 6.77. The van der Waals surface area contributed by atoms with Crippen LogP contribution in [0.5, 0.6) is 5.75 Å². The predicted octanol–water partition coefficient (Wildman–Crippen LogP) is 4.25. The molecule has 0 bridgehead atoms. The summed E-state index contributed by atoms with van der Waals surface area (Å²) in [5.74, 6) is 0.880. The lowest BCUT2D eigenvalue weighted by Gasteiger charge is -2.19. The van der Waals surface area contributed by atoms with Crippen LogP contribution in [0, 0.1) is 20.8 Å². The Morgan fingerprint density at radius 1 is 1.00 bits per heavy atom. The molecule has 2 nitrogen and oxygen atoms in total. The fraction of sp³-hybridized carbons (Fsp3) is 0.368. The molecule has 0 aliphatic carbocycles. The first-order chi connectivity index (χ1) is 10.0. The summed E-state index contributed by atoms with van der Waals surface area (Å²) in [6.07, 6.45) is 1.04. The molecule has 2 N–H and O–H groups in total. The Hall–Kier alpha value is -1.80. The van der Waals surface area contributed by atoms with Crippen molar-refractivity contribution in [2.45, 2.75) is 40.2 Å². The first-order valence-electron chi connectivity index (χ1n) is 7.56. The van der Waals surface area contributed by atoms with Crippen LogP contribution in [-0.2, 0) is 6.42 Å². The average molecular weight is 283 g/mol. The van der Waals surface area contributed by atoms with E-state index >= 15 is 0 Å². The van der Waals surface area contributed by atoms with E-state index in [2.05, 4.69) is 52.0 Å². The van der Waals surface area contributed by atoms with Crippen LogP contribution >= 0.6 is 0 Å². The molecule has 1 atom stereocenters. The summed E-state index contributed by atoms with van der Waals surface area (Å²) in [6.45, 7) is 8.99. The topological polar surface area (TPSA) is 35.2 Å². The molecule has 0 amide bonds. The van der Waals surface area contributed by atoms with E-state index in [1.807, 2.05) is 12.1 Å². The molecule has 2 aromatic carbocycles. The molecule has 0 radical (unpaired) electrons. The standard InChI is InChI=1S/C19H25NO/c1-5-16-6-8-17(9-7-16)21-12-18(20)19-14(3)10-13(2)11-15(19)4/h6-11,18H,5,12,20H2,1-4H3. The summed E-state index contributed by atoms with van der Waals surface area (Å²) >= 11 is 0. The van der Waals surface area contributed by atoms with Crippen molar-refractivity contribution in [2.75, 3.05) is 6.61 Å². The fourth-order valence-corrected chi connectivity index (χ4v) is 2.87. The van der Waals surface area contributed by atoms with Crippen molar-refractivity contribution in [2.24, 2.45) is 5.73 Å². The first kappa shape index (κ1) is 15.6. The normalized spacial score (nSPS) is 12.2. The van der Waals surface area contributed by atoms with Gasteiger partial charge < -0.3 is 10.5 Å². The third kappa shape index (κ3) is 3.85. The highest BCUT2D eigenvalue weighted by atomic mass is 16.5. The van der Waals surface area contributed by atoms with Gasteiger partial charge in [-0.15, -0.1) is 0 Å². The van der Waals surface area contributed by atoms with Crippen molar-refractivity contribution < 1.29 is 4.74 Å². The molecule has 0 saturated carbocycles. The third-order valence-corrected chi connectivity index (χ3v) is 3.87. The van der Waals surface area contributed by atoms with E-state index in [0.717, 1.165) is 12.2 Å². The predicted molar refractivity (Wildman–Crippen MR) is 88.9 cm³/mol. The number of ether oxygens (including phenoxy) is 1. The monoisotopic (exact) mass is 283 g/mol. The highest BCUT2D eigenvalue weighted by Gasteiger charge is 2.13. The van der Waals surface area contributed by atoms with Gasteiger partial charge in [0.15, 0.2) is 0 Å². The van der Waals surface area contributed by atoms with Crippen LogP contribution in [0.4, 0.5) is 0 Å². The van der Waals surface area contributed by atoms with E-state index in [0.29, 0.717) is 6.61 Å². The lowest BCUT2D eigenvalue weighted by molar-refractivity contribution is 0.290. The summed E-state index contributed by atoms with van der Waals surface area (Å²) in [5.41, 5.74) is 12.6. The van der Waals surface area contributed by atoms with Gasteiger partial charge in [0.1, 0.15) is 12.4 Å².